The van der Waals surface area contributed by atoms with Gasteiger partial charge in [-0.3, -0.25) is 9.59 Å². The van der Waals surface area contributed by atoms with Gasteiger partial charge in [0.2, 0.25) is 5.91 Å². The van der Waals surface area contributed by atoms with Crippen molar-refractivity contribution in [2.24, 2.45) is 17.6 Å². The largest absolute Gasteiger partial charge is 0.432 e. The lowest BCUT2D eigenvalue weighted by Gasteiger charge is -2.25. The number of nitrogens with one attached hydrogen (secondary N) is 2. The Labute approximate surface area is 159 Å². The number of hydrogen-bond donors (Lipinski definition) is 3. The Bertz CT molecular complexity index is 712. The molecule has 0 saturated carbocycles. The predicted octanol–water partition coefficient (Wildman–Crippen LogP) is 2.10. The van der Waals surface area contributed by atoms with Gasteiger partial charge in [0.15, 0.2) is 5.58 Å². The molecule has 144 valence electrons. The molecule has 26 heavy (non-hydrogen) atoms. The molecule has 2 atom stereocenters. The van der Waals surface area contributed by atoms with Crippen LogP contribution in [0.2, 0.25) is 0 Å². The molecule has 0 spiro atoms. The van der Waals surface area contributed by atoms with E-state index in [4.69, 9.17) is 10.2 Å². The number of carbonyl (C=O) groups is 2. The molecule has 1 aromatic carbocycles. The molecule has 4 N–H and O–H groups in total. The van der Waals surface area contributed by atoms with E-state index in [0.29, 0.717) is 11.1 Å². The third kappa shape index (κ3) is 5.44. The standard InChI is InChI=1S/C18H26N4O3.ClH/c1-10(2)13(21-16(23)15(19)11(3)4)9-20-17(24)18-22-12-7-5-6-8-14(12)25-18;/h5-8,10-11,13,15H,9,19H2,1-4H3,(H,20,24)(H,21,23);1H. The number of halogens is 1. The Morgan fingerprint density at radius 2 is 1.81 bits per heavy atom. The van der Waals surface area contributed by atoms with Crippen LogP contribution in [0.5, 0.6) is 0 Å². The summed E-state index contributed by atoms with van der Waals surface area (Å²) in [5, 5.41) is 5.67. The lowest BCUT2D eigenvalue weighted by Crippen LogP contribution is -2.52. The number of fused-ring (bicyclic) bond motifs is 1. The van der Waals surface area contributed by atoms with Crippen molar-refractivity contribution in [3.63, 3.8) is 0 Å². The second-order valence-electron chi connectivity index (χ2n) is 6.83. The summed E-state index contributed by atoms with van der Waals surface area (Å²) in [6, 6.07) is 6.37. The number of nitrogens with zero attached hydrogens (tertiary/aromatic N) is 1. The number of amides is 2. The molecule has 1 heterocycles. The Morgan fingerprint density at radius 1 is 1.15 bits per heavy atom. The zero-order chi connectivity index (χ0) is 18.6. The highest BCUT2D eigenvalue weighted by Crippen LogP contribution is 2.14. The van der Waals surface area contributed by atoms with Crippen molar-refractivity contribution in [1.82, 2.24) is 15.6 Å². The van der Waals surface area contributed by atoms with E-state index < -0.39 is 11.9 Å². The molecule has 0 aliphatic heterocycles. The summed E-state index contributed by atoms with van der Waals surface area (Å²) in [5.74, 6) is -0.447. The first kappa shape index (κ1) is 21.9. The molecule has 0 aliphatic carbocycles. The molecule has 2 unspecified atom stereocenters. The minimum atomic E-state index is -0.575. The predicted molar refractivity (Wildman–Crippen MR) is 103 cm³/mol. The lowest BCUT2D eigenvalue weighted by molar-refractivity contribution is -0.124. The van der Waals surface area contributed by atoms with Gasteiger partial charge in [-0.1, -0.05) is 39.8 Å². The van der Waals surface area contributed by atoms with Gasteiger partial charge in [0.05, 0.1) is 6.04 Å². The van der Waals surface area contributed by atoms with E-state index in [9.17, 15) is 9.59 Å². The van der Waals surface area contributed by atoms with Crippen molar-refractivity contribution in [2.45, 2.75) is 39.8 Å². The second-order valence-corrected chi connectivity index (χ2v) is 6.83. The van der Waals surface area contributed by atoms with Gasteiger partial charge in [-0.25, -0.2) is 4.98 Å². The summed E-state index contributed by atoms with van der Waals surface area (Å²) in [6.45, 7) is 7.99. The number of aromatic nitrogens is 1. The van der Waals surface area contributed by atoms with Gasteiger partial charge in [-0.05, 0) is 24.0 Å². The highest BCUT2D eigenvalue weighted by molar-refractivity contribution is 5.92. The SMILES string of the molecule is CC(C)C(CNC(=O)c1nc2ccccc2o1)NC(=O)C(N)C(C)C.Cl. The van der Waals surface area contributed by atoms with Crippen LogP contribution >= 0.6 is 12.4 Å². The van der Waals surface area contributed by atoms with Crippen LogP contribution in [0, 0.1) is 11.8 Å². The Balaban J connectivity index is 0.00000338. The summed E-state index contributed by atoms with van der Waals surface area (Å²) >= 11 is 0. The molecule has 7 nitrogen and oxygen atoms in total. The van der Waals surface area contributed by atoms with Crippen LogP contribution in [0.1, 0.15) is 38.4 Å². The van der Waals surface area contributed by atoms with E-state index in [2.05, 4.69) is 15.6 Å². The number of carbonyl (C=O) groups excluding carboxylic acids is 2. The zero-order valence-corrected chi connectivity index (χ0v) is 16.3. The summed E-state index contributed by atoms with van der Waals surface area (Å²) in [4.78, 5) is 28.6. The summed E-state index contributed by atoms with van der Waals surface area (Å²) < 4.78 is 5.44. The summed E-state index contributed by atoms with van der Waals surface area (Å²) in [7, 11) is 0. The molecular weight excluding hydrogens is 356 g/mol. The Kier molecular flexibility index (Phi) is 8.05. The van der Waals surface area contributed by atoms with Crippen LogP contribution in [-0.4, -0.2) is 35.4 Å². The molecular formula is C18H27ClN4O3. The number of hydrogen-bond acceptors (Lipinski definition) is 5. The van der Waals surface area contributed by atoms with Gasteiger partial charge in [0.1, 0.15) is 5.52 Å². The molecule has 0 radical (unpaired) electrons. The fraction of sp³-hybridized carbons (Fsp3) is 0.500. The maximum Gasteiger partial charge on any atom is 0.307 e. The van der Waals surface area contributed by atoms with E-state index in [1.807, 2.05) is 39.8 Å². The van der Waals surface area contributed by atoms with E-state index in [0.717, 1.165) is 0 Å². The van der Waals surface area contributed by atoms with Crippen LogP contribution in [-0.2, 0) is 4.79 Å². The van der Waals surface area contributed by atoms with Crippen molar-refractivity contribution in [3.05, 3.63) is 30.2 Å². The average molecular weight is 383 g/mol. The van der Waals surface area contributed by atoms with Gasteiger partial charge >= 0.3 is 5.91 Å². The van der Waals surface area contributed by atoms with Gasteiger partial charge < -0.3 is 20.8 Å². The highest BCUT2D eigenvalue weighted by atomic mass is 35.5. The van der Waals surface area contributed by atoms with E-state index in [1.54, 1.807) is 12.1 Å². The molecule has 0 saturated heterocycles. The molecule has 0 bridgehead atoms. The first-order chi connectivity index (χ1) is 11.8. The van der Waals surface area contributed by atoms with Gasteiger partial charge in [-0.2, -0.15) is 0 Å². The number of rotatable bonds is 7. The quantitative estimate of drug-likeness (QED) is 0.679. The maximum atomic E-state index is 12.3. The monoisotopic (exact) mass is 382 g/mol. The first-order valence-corrected chi connectivity index (χ1v) is 8.49. The Morgan fingerprint density at radius 3 is 2.38 bits per heavy atom. The number of oxazole rings is 1. The first-order valence-electron chi connectivity index (χ1n) is 8.49. The minimum absolute atomic E-state index is 0. The van der Waals surface area contributed by atoms with E-state index in [-0.39, 0.29) is 48.6 Å². The molecule has 2 aromatic rings. The van der Waals surface area contributed by atoms with Crippen LogP contribution in [0.25, 0.3) is 11.1 Å². The number of para-hydroxylation sites is 2. The average Bonchev–Trinajstić information content (AvgIpc) is 3.01. The van der Waals surface area contributed by atoms with Crippen molar-refractivity contribution in [1.29, 1.82) is 0 Å². The van der Waals surface area contributed by atoms with Gasteiger partial charge in [0.25, 0.3) is 5.89 Å². The molecule has 2 rings (SSSR count). The van der Waals surface area contributed by atoms with Crippen LogP contribution in [0.4, 0.5) is 0 Å². The maximum absolute atomic E-state index is 12.3. The van der Waals surface area contributed by atoms with Crippen LogP contribution in [0.3, 0.4) is 0 Å². The minimum Gasteiger partial charge on any atom is -0.432 e. The third-order valence-electron chi connectivity index (χ3n) is 4.12. The molecule has 1 aromatic heterocycles. The smallest absolute Gasteiger partial charge is 0.307 e. The highest BCUT2D eigenvalue weighted by Gasteiger charge is 2.23. The number of benzene rings is 1. The Hall–Kier alpha value is -2.12. The topological polar surface area (TPSA) is 110 Å². The summed E-state index contributed by atoms with van der Waals surface area (Å²) in [5.41, 5.74) is 7.06. The van der Waals surface area contributed by atoms with Gasteiger partial charge in [-0.15, -0.1) is 12.4 Å². The van der Waals surface area contributed by atoms with Crippen LogP contribution in [0.15, 0.2) is 28.7 Å². The molecule has 2 amide bonds. The second kappa shape index (κ2) is 9.54. The molecule has 0 aliphatic rings. The summed E-state index contributed by atoms with van der Waals surface area (Å²) in [6.07, 6.45) is 0. The normalized spacial score (nSPS) is 13.3. The van der Waals surface area contributed by atoms with Crippen LogP contribution < -0.4 is 16.4 Å². The van der Waals surface area contributed by atoms with Crippen molar-refractivity contribution >= 4 is 35.3 Å². The van der Waals surface area contributed by atoms with E-state index in [1.165, 1.54) is 0 Å². The van der Waals surface area contributed by atoms with Crippen molar-refractivity contribution in [2.75, 3.05) is 6.54 Å². The zero-order valence-electron chi connectivity index (χ0n) is 15.5. The fourth-order valence-corrected chi connectivity index (χ4v) is 2.28. The number of nitrogens with two attached hydrogens (primary N) is 1. The van der Waals surface area contributed by atoms with Crippen molar-refractivity contribution < 1.29 is 14.0 Å². The third-order valence-corrected chi connectivity index (χ3v) is 4.12. The van der Waals surface area contributed by atoms with Gasteiger partial charge in [0, 0.05) is 12.6 Å². The van der Waals surface area contributed by atoms with Crippen molar-refractivity contribution in [3.8, 4) is 0 Å². The van der Waals surface area contributed by atoms with E-state index >= 15 is 0 Å². The molecule has 8 heteroatoms. The molecule has 0 fully saturated rings. The fourth-order valence-electron chi connectivity index (χ4n) is 2.28. The lowest BCUT2D eigenvalue weighted by atomic mass is 10.0.